The summed E-state index contributed by atoms with van der Waals surface area (Å²) in [5.74, 6) is -3.13. The molecule has 0 amide bonds. The van der Waals surface area contributed by atoms with Crippen molar-refractivity contribution in [3.63, 3.8) is 0 Å². The van der Waals surface area contributed by atoms with Gasteiger partial charge < -0.3 is 10.8 Å². The lowest BCUT2D eigenvalue weighted by Gasteiger charge is -2.10. The molecular formula is C10H12F3NO. The summed E-state index contributed by atoms with van der Waals surface area (Å²) in [5, 5.41) is 8.57. The fourth-order valence-electron chi connectivity index (χ4n) is 1.27. The van der Waals surface area contributed by atoms with Gasteiger partial charge in [0.25, 0.3) is 0 Å². The van der Waals surface area contributed by atoms with E-state index >= 15 is 0 Å². The average Bonchev–Trinajstić information content (AvgIpc) is 2.14. The number of benzene rings is 1. The van der Waals surface area contributed by atoms with Gasteiger partial charge in [-0.1, -0.05) is 0 Å². The van der Waals surface area contributed by atoms with Crippen molar-refractivity contribution < 1.29 is 18.3 Å². The molecule has 5 heteroatoms. The van der Waals surface area contributed by atoms with Gasteiger partial charge >= 0.3 is 0 Å². The minimum Gasteiger partial charge on any atom is -0.396 e. The quantitative estimate of drug-likeness (QED) is 0.751. The number of rotatable bonds is 4. The molecule has 0 aliphatic heterocycles. The highest BCUT2D eigenvalue weighted by atomic mass is 19.2. The fraction of sp³-hybridized carbons (Fsp3) is 0.400. The van der Waals surface area contributed by atoms with Gasteiger partial charge in [0, 0.05) is 18.7 Å². The van der Waals surface area contributed by atoms with Gasteiger partial charge in [0.05, 0.1) is 0 Å². The summed E-state index contributed by atoms with van der Waals surface area (Å²) < 4.78 is 38.4. The van der Waals surface area contributed by atoms with Crippen molar-refractivity contribution in [1.29, 1.82) is 0 Å². The summed E-state index contributed by atoms with van der Waals surface area (Å²) in [5.41, 5.74) is 5.55. The molecule has 3 N–H and O–H groups in total. The molecule has 1 rings (SSSR count). The largest absolute Gasteiger partial charge is 0.396 e. The van der Waals surface area contributed by atoms with Crippen LogP contribution in [0.5, 0.6) is 0 Å². The first-order chi connectivity index (χ1) is 7.04. The topological polar surface area (TPSA) is 46.2 Å². The second-order valence-corrected chi connectivity index (χ2v) is 3.33. The second kappa shape index (κ2) is 5.14. The summed E-state index contributed by atoms with van der Waals surface area (Å²) >= 11 is 0. The normalized spacial score (nSPS) is 12.9. The Labute approximate surface area is 85.5 Å². The van der Waals surface area contributed by atoms with E-state index in [0.717, 1.165) is 6.07 Å². The molecule has 0 heterocycles. The molecule has 1 atom stereocenters. The van der Waals surface area contributed by atoms with Gasteiger partial charge in [0.2, 0.25) is 0 Å². The molecule has 0 spiro atoms. The van der Waals surface area contributed by atoms with E-state index in [9.17, 15) is 13.2 Å². The van der Waals surface area contributed by atoms with E-state index in [2.05, 4.69) is 0 Å². The number of aliphatic hydroxyl groups excluding tert-OH is 1. The zero-order valence-corrected chi connectivity index (χ0v) is 8.01. The summed E-state index contributed by atoms with van der Waals surface area (Å²) in [7, 11) is 0. The molecule has 0 bridgehead atoms. The van der Waals surface area contributed by atoms with Crippen LogP contribution < -0.4 is 5.73 Å². The second-order valence-electron chi connectivity index (χ2n) is 3.33. The van der Waals surface area contributed by atoms with Crippen molar-refractivity contribution in [2.45, 2.75) is 18.9 Å². The van der Waals surface area contributed by atoms with Gasteiger partial charge in [-0.3, -0.25) is 0 Å². The molecular weight excluding hydrogens is 207 g/mol. The number of nitrogens with two attached hydrogens (primary N) is 1. The molecule has 0 aliphatic rings. The lowest BCUT2D eigenvalue weighted by atomic mass is 10.0. The third-order valence-corrected chi connectivity index (χ3v) is 2.07. The van der Waals surface area contributed by atoms with Gasteiger partial charge in [-0.05, 0) is 24.5 Å². The first kappa shape index (κ1) is 12.0. The van der Waals surface area contributed by atoms with E-state index in [-0.39, 0.29) is 18.6 Å². The molecule has 0 aliphatic carbocycles. The van der Waals surface area contributed by atoms with Gasteiger partial charge in [-0.2, -0.15) is 0 Å². The number of hydrogen-bond donors (Lipinski definition) is 2. The fourth-order valence-corrected chi connectivity index (χ4v) is 1.27. The molecule has 0 radical (unpaired) electrons. The van der Waals surface area contributed by atoms with Crippen molar-refractivity contribution in [3.05, 3.63) is 35.1 Å². The Morgan fingerprint density at radius 1 is 1.13 bits per heavy atom. The molecule has 1 aromatic rings. The highest BCUT2D eigenvalue weighted by Crippen LogP contribution is 2.15. The smallest absolute Gasteiger partial charge is 0.161 e. The predicted molar refractivity (Wildman–Crippen MR) is 49.7 cm³/mol. The zero-order valence-electron chi connectivity index (χ0n) is 8.01. The minimum absolute atomic E-state index is 0.0230. The van der Waals surface area contributed by atoms with Crippen LogP contribution in [0, 0.1) is 17.5 Å². The highest BCUT2D eigenvalue weighted by Gasteiger charge is 2.12. The van der Waals surface area contributed by atoms with Crippen LogP contribution in [-0.2, 0) is 6.42 Å². The zero-order chi connectivity index (χ0) is 11.4. The molecule has 0 fully saturated rings. The molecule has 15 heavy (non-hydrogen) atoms. The summed E-state index contributed by atoms with van der Waals surface area (Å²) in [4.78, 5) is 0. The van der Waals surface area contributed by atoms with Crippen LogP contribution in [0.1, 0.15) is 12.0 Å². The molecule has 1 aromatic carbocycles. The van der Waals surface area contributed by atoms with Crippen molar-refractivity contribution >= 4 is 0 Å². The van der Waals surface area contributed by atoms with Gasteiger partial charge in [0.15, 0.2) is 11.6 Å². The van der Waals surface area contributed by atoms with E-state index in [1.807, 2.05) is 0 Å². The summed E-state index contributed by atoms with van der Waals surface area (Å²) in [6.07, 6.45) is 0.363. The third-order valence-electron chi connectivity index (χ3n) is 2.07. The van der Waals surface area contributed by atoms with Gasteiger partial charge in [0.1, 0.15) is 5.82 Å². The highest BCUT2D eigenvalue weighted by molar-refractivity contribution is 5.21. The van der Waals surface area contributed by atoms with Gasteiger partial charge in [-0.15, -0.1) is 0 Å². The van der Waals surface area contributed by atoms with Crippen molar-refractivity contribution in [1.82, 2.24) is 0 Å². The van der Waals surface area contributed by atoms with Crippen molar-refractivity contribution in [3.8, 4) is 0 Å². The number of hydrogen-bond acceptors (Lipinski definition) is 2. The van der Waals surface area contributed by atoms with Crippen LogP contribution in [0.4, 0.5) is 13.2 Å². The predicted octanol–water partition coefficient (Wildman–Crippen LogP) is 1.36. The number of aliphatic hydroxyl groups is 1. The van der Waals surface area contributed by atoms with Crippen LogP contribution in [-0.4, -0.2) is 17.8 Å². The first-order valence-corrected chi connectivity index (χ1v) is 4.54. The standard InChI is InChI=1S/C10H12F3NO/c11-8-5-10(13)9(12)4-6(8)3-7(14)1-2-15/h4-5,7,15H,1-3,14H2/t7-/m0/s1. The van der Waals surface area contributed by atoms with Crippen molar-refractivity contribution in [2.75, 3.05) is 6.61 Å². The third kappa shape index (κ3) is 3.21. The van der Waals surface area contributed by atoms with Crippen LogP contribution in [0.25, 0.3) is 0 Å². The lowest BCUT2D eigenvalue weighted by Crippen LogP contribution is -2.24. The van der Waals surface area contributed by atoms with Crippen molar-refractivity contribution in [2.24, 2.45) is 5.73 Å². The molecule has 0 saturated carbocycles. The Morgan fingerprint density at radius 3 is 2.33 bits per heavy atom. The van der Waals surface area contributed by atoms with E-state index in [0.29, 0.717) is 12.5 Å². The Hall–Kier alpha value is -1.07. The van der Waals surface area contributed by atoms with Crippen LogP contribution in [0.15, 0.2) is 12.1 Å². The van der Waals surface area contributed by atoms with E-state index in [4.69, 9.17) is 10.8 Å². The maximum Gasteiger partial charge on any atom is 0.161 e. The summed E-state index contributed by atoms with van der Waals surface area (Å²) in [6.45, 7) is -0.119. The SMILES string of the molecule is N[C@@H](CCO)Cc1cc(F)c(F)cc1F. The monoisotopic (exact) mass is 219 g/mol. The van der Waals surface area contributed by atoms with Crippen LogP contribution in [0.3, 0.4) is 0 Å². The molecule has 0 saturated heterocycles. The molecule has 84 valence electrons. The van der Waals surface area contributed by atoms with Crippen LogP contribution in [0.2, 0.25) is 0 Å². The molecule has 0 aromatic heterocycles. The maximum atomic E-state index is 13.1. The minimum atomic E-state index is -1.22. The van der Waals surface area contributed by atoms with E-state index in [1.165, 1.54) is 0 Å². The number of halogens is 3. The Bertz CT molecular complexity index is 344. The molecule has 2 nitrogen and oxygen atoms in total. The first-order valence-electron chi connectivity index (χ1n) is 4.54. The Balaban J connectivity index is 2.81. The van der Waals surface area contributed by atoms with Gasteiger partial charge in [-0.25, -0.2) is 13.2 Å². The summed E-state index contributed by atoms with van der Waals surface area (Å²) in [6, 6.07) is 0.826. The molecule has 0 unspecified atom stereocenters. The van der Waals surface area contributed by atoms with E-state index in [1.54, 1.807) is 0 Å². The Morgan fingerprint density at radius 2 is 1.73 bits per heavy atom. The van der Waals surface area contributed by atoms with Crippen LogP contribution >= 0.6 is 0 Å². The maximum absolute atomic E-state index is 13.1. The van der Waals surface area contributed by atoms with E-state index < -0.39 is 23.5 Å². The lowest BCUT2D eigenvalue weighted by molar-refractivity contribution is 0.275. The Kier molecular flexibility index (Phi) is 4.11. The average molecular weight is 219 g/mol.